The Morgan fingerprint density at radius 3 is 2.76 bits per heavy atom. The molecule has 0 unspecified atom stereocenters. The minimum Gasteiger partial charge on any atom is -0.461 e. The van der Waals surface area contributed by atoms with Crippen LogP contribution in [0.15, 0.2) is 28.0 Å². The molecule has 0 radical (unpaired) electrons. The number of hydrogen-bond donors (Lipinski definition) is 0. The summed E-state index contributed by atoms with van der Waals surface area (Å²) < 4.78 is 7.42. The average molecular weight is 362 g/mol. The van der Waals surface area contributed by atoms with Crippen molar-refractivity contribution in [3.05, 3.63) is 18.4 Å². The van der Waals surface area contributed by atoms with Gasteiger partial charge in [-0.3, -0.25) is 9.36 Å². The Balaban J connectivity index is 1.65. The highest BCUT2D eigenvalue weighted by Crippen LogP contribution is 2.26. The van der Waals surface area contributed by atoms with E-state index in [0.717, 1.165) is 31.1 Å². The smallest absolute Gasteiger partial charge is 0.233 e. The fraction of sp³-hybridized carbons (Fsp3) is 0.611. The van der Waals surface area contributed by atoms with Crippen molar-refractivity contribution in [3.63, 3.8) is 0 Å². The molecule has 1 saturated carbocycles. The Kier molecular flexibility index (Phi) is 6.18. The molecule has 0 spiro atoms. The summed E-state index contributed by atoms with van der Waals surface area (Å²) in [5, 5.41) is 9.26. The lowest BCUT2D eigenvalue weighted by atomic mass is 9.94. The SMILES string of the molecule is CCN(C(=O)CSc1nnc(-c2ccco2)n1CC)C1CCCCC1. The van der Waals surface area contributed by atoms with Crippen LogP contribution in [0.1, 0.15) is 46.0 Å². The van der Waals surface area contributed by atoms with E-state index >= 15 is 0 Å². The first kappa shape index (κ1) is 18.0. The number of hydrogen-bond acceptors (Lipinski definition) is 5. The first-order valence-electron chi connectivity index (χ1n) is 9.14. The van der Waals surface area contributed by atoms with Gasteiger partial charge in [-0.25, -0.2) is 0 Å². The van der Waals surface area contributed by atoms with Crippen LogP contribution in [-0.4, -0.2) is 43.9 Å². The number of thioether (sulfide) groups is 1. The minimum atomic E-state index is 0.199. The summed E-state index contributed by atoms with van der Waals surface area (Å²) in [5.74, 6) is 2.01. The van der Waals surface area contributed by atoms with Gasteiger partial charge in [0.15, 0.2) is 16.7 Å². The van der Waals surface area contributed by atoms with Crippen LogP contribution in [0.4, 0.5) is 0 Å². The second-order valence-electron chi connectivity index (χ2n) is 6.29. The Labute approximate surface area is 153 Å². The number of aromatic nitrogens is 3. The molecule has 0 atom stereocenters. The zero-order valence-corrected chi connectivity index (χ0v) is 15.8. The van der Waals surface area contributed by atoms with Crippen LogP contribution < -0.4 is 0 Å². The minimum absolute atomic E-state index is 0.199. The van der Waals surface area contributed by atoms with Gasteiger partial charge >= 0.3 is 0 Å². The molecule has 3 rings (SSSR count). The summed E-state index contributed by atoms with van der Waals surface area (Å²) in [6.45, 7) is 5.63. The van der Waals surface area contributed by atoms with Crippen molar-refractivity contribution in [2.45, 2.75) is 63.7 Å². The maximum absolute atomic E-state index is 12.7. The van der Waals surface area contributed by atoms with E-state index in [9.17, 15) is 4.79 Å². The molecule has 136 valence electrons. The van der Waals surface area contributed by atoms with Crippen LogP contribution in [-0.2, 0) is 11.3 Å². The zero-order valence-electron chi connectivity index (χ0n) is 15.0. The molecular formula is C18H26N4O2S. The molecule has 25 heavy (non-hydrogen) atoms. The molecule has 1 aliphatic carbocycles. The van der Waals surface area contributed by atoms with Crippen molar-refractivity contribution in [2.24, 2.45) is 0 Å². The third-order valence-electron chi connectivity index (χ3n) is 4.78. The molecule has 0 saturated heterocycles. The largest absolute Gasteiger partial charge is 0.461 e. The van der Waals surface area contributed by atoms with Crippen molar-refractivity contribution in [1.29, 1.82) is 0 Å². The lowest BCUT2D eigenvalue weighted by Gasteiger charge is -2.33. The number of rotatable bonds is 7. The average Bonchev–Trinajstić information content (AvgIpc) is 3.30. The number of nitrogens with zero attached hydrogens (tertiary/aromatic N) is 4. The molecule has 2 heterocycles. The molecule has 6 nitrogen and oxygen atoms in total. The zero-order chi connectivity index (χ0) is 17.6. The second-order valence-corrected chi connectivity index (χ2v) is 7.23. The van der Waals surface area contributed by atoms with E-state index in [1.165, 1.54) is 31.0 Å². The van der Waals surface area contributed by atoms with Gasteiger partial charge in [0.2, 0.25) is 5.91 Å². The molecule has 1 amide bonds. The Bertz CT molecular complexity index is 677. The van der Waals surface area contributed by atoms with Gasteiger partial charge in [0, 0.05) is 19.1 Å². The first-order valence-corrected chi connectivity index (χ1v) is 10.1. The van der Waals surface area contributed by atoms with Gasteiger partial charge in [0.25, 0.3) is 0 Å². The Hall–Kier alpha value is -1.76. The summed E-state index contributed by atoms with van der Waals surface area (Å²) in [6.07, 6.45) is 7.67. The monoisotopic (exact) mass is 362 g/mol. The van der Waals surface area contributed by atoms with Crippen LogP contribution in [0.25, 0.3) is 11.6 Å². The lowest BCUT2D eigenvalue weighted by molar-refractivity contribution is -0.131. The van der Waals surface area contributed by atoms with E-state index in [0.29, 0.717) is 23.4 Å². The summed E-state index contributed by atoms with van der Waals surface area (Å²) >= 11 is 1.46. The first-order chi connectivity index (χ1) is 12.2. The molecule has 0 bridgehead atoms. The fourth-order valence-electron chi connectivity index (χ4n) is 3.51. The van der Waals surface area contributed by atoms with Crippen LogP contribution in [0.3, 0.4) is 0 Å². The van der Waals surface area contributed by atoms with Crippen molar-refractivity contribution >= 4 is 17.7 Å². The molecule has 1 fully saturated rings. The fourth-order valence-corrected chi connectivity index (χ4v) is 4.40. The highest BCUT2D eigenvalue weighted by Gasteiger charge is 2.25. The Morgan fingerprint density at radius 2 is 2.12 bits per heavy atom. The van der Waals surface area contributed by atoms with E-state index in [-0.39, 0.29) is 5.91 Å². The molecule has 0 aromatic carbocycles. The van der Waals surface area contributed by atoms with Crippen LogP contribution in [0.2, 0.25) is 0 Å². The normalized spacial score (nSPS) is 15.4. The highest BCUT2D eigenvalue weighted by molar-refractivity contribution is 7.99. The second kappa shape index (κ2) is 8.56. The van der Waals surface area contributed by atoms with Crippen LogP contribution in [0.5, 0.6) is 0 Å². The van der Waals surface area contributed by atoms with Crippen molar-refractivity contribution in [1.82, 2.24) is 19.7 Å². The van der Waals surface area contributed by atoms with Crippen LogP contribution in [0, 0.1) is 0 Å². The molecular weight excluding hydrogens is 336 g/mol. The molecule has 2 aromatic heterocycles. The maximum Gasteiger partial charge on any atom is 0.233 e. The number of carbonyl (C=O) groups is 1. The lowest BCUT2D eigenvalue weighted by Crippen LogP contribution is -2.42. The van der Waals surface area contributed by atoms with Gasteiger partial charge in [-0.1, -0.05) is 31.0 Å². The van der Waals surface area contributed by atoms with Gasteiger partial charge in [-0.15, -0.1) is 10.2 Å². The highest BCUT2D eigenvalue weighted by atomic mass is 32.2. The van der Waals surface area contributed by atoms with Crippen molar-refractivity contribution < 1.29 is 9.21 Å². The molecule has 0 N–H and O–H groups in total. The van der Waals surface area contributed by atoms with Gasteiger partial charge in [-0.2, -0.15) is 0 Å². The van der Waals surface area contributed by atoms with Gasteiger partial charge in [-0.05, 0) is 38.8 Å². The van der Waals surface area contributed by atoms with Gasteiger partial charge in [0.1, 0.15) is 0 Å². The number of amides is 1. The summed E-state index contributed by atoms with van der Waals surface area (Å²) in [6, 6.07) is 4.12. The van der Waals surface area contributed by atoms with Crippen molar-refractivity contribution in [3.8, 4) is 11.6 Å². The van der Waals surface area contributed by atoms with E-state index in [1.54, 1.807) is 6.26 Å². The van der Waals surface area contributed by atoms with E-state index in [4.69, 9.17) is 4.42 Å². The molecule has 0 aliphatic heterocycles. The molecule has 2 aromatic rings. The van der Waals surface area contributed by atoms with Crippen LogP contribution >= 0.6 is 11.8 Å². The third kappa shape index (κ3) is 4.08. The third-order valence-corrected chi connectivity index (χ3v) is 5.73. The predicted octanol–water partition coefficient (Wildman–Crippen LogP) is 3.83. The molecule has 1 aliphatic rings. The summed E-state index contributed by atoms with van der Waals surface area (Å²) in [7, 11) is 0. The Morgan fingerprint density at radius 1 is 1.32 bits per heavy atom. The summed E-state index contributed by atoms with van der Waals surface area (Å²) in [5.41, 5.74) is 0. The predicted molar refractivity (Wildman–Crippen MR) is 98.4 cm³/mol. The quantitative estimate of drug-likeness (QED) is 0.700. The van der Waals surface area contributed by atoms with Gasteiger partial charge in [0.05, 0.1) is 12.0 Å². The maximum atomic E-state index is 12.7. The van der Waals surface area contributed by atoms with E-state index < -0.39 is 0 Å². The van der Waals surface area contributed by atoms with Gasteiger partial charge < -0.3 is 9.32 Å². The number of carbonyl (C=O) groups excluding carboxylic acids is 1. The topological polar surface area (TPSA) is 64.2 Å². The standard InChI is InChI=1S/C18H26N4O2S/c1-3-21(14-9-6-5-7-10-14)16(23)13-25-18-20-19-17(22(18)4-2)15-11-8-12-24-15/h8,11-12,14H,3-7,9-10,13H2,1-2H3. The summed E-state index contributed by atoms with van der Waals surface area (Å²) in [4.78, 5) is 14.8. The number of furan rings is 1. The van der Waals surface area contributed by atoms with E-state index in [2.05, 4.69) is 17.1 Å². The molecule has 7 heteroatoms. The van der Waals surface area contributed by atoms with Crippen molar-refractivity contribution in [2.75, 3.05) is 12.3 Å². The van der Waals surface area contributed by atoms with E-state index in [1.807, 2.05) is 28.5 Å².